The van der Waals surface area contributed by atoms with Gasteiger partial charge in [-0.25, -0.2) is 4.39 Å². The second-order valence-electron chi connectivity index (χ2n) is 4.03. The van der Waals surface area contributed by atoms with Gasteiger partial charge in [-0.3, -0.25) is 9.48 Å². The maximum absolute atomic E-state index is 13.5. The molecule has 1 heterocycles. The zero-order valence-corrected chi connectivity index (χ0v) is 11.7. The van der Waals surface area contributed by atoms with Crippen LogP contribution in [0.3, 0.4) is 0 Å². The van der Waals surface area contributed by atoms with Gasteiger partial charge in [-0.15, -0.1) is 0 Å². The Balaban J connectivity index is 2.08. The van der Waals surface area contributed by atoms with Gasteiger partial charge >= 0.3 is 0 Å². The van der Waals surface area contributed by atoms with Gasteiger partial charge in [-0.05, 0) is 18.2 Å². The number of nitrogen functional groups attached to an aromatic ring is 1. The lowest BCUT2D eigenvalue weighted by atomic mass is 10.2. The lowest BCUT2D eigenvalue weighted by Gasteiger charge is -2.06. The molecule has 0 saturated carbocycles. The van der Waals surface area contributed by atoms with Crippen LogP contribution in [0.25, 0.3) is 0 Å². The van der Waals surface area contributed by atoms with Gasteiger partial charge < -0.3 is 11.1 Å². The van der Waals surface area contributed by atoms with E-state index in [0.29, 0.717) is 5.56 Å². The van der Waals surface area contributed by atoms with Crippen molar-refractivity contribution >= 4 is 27.5 Å². The summed E-state index contributed by atoms with van der Waals surface area (Å²) in [4.78, 5) is 11.8. The van der Waals surface area contributed by atoms with Crippen molar-refractivity contribution in [3.05, 3.63) is 45.9 Å². The molecule has 3 N–H and O–H groups in total. The number of aromatic nitrogens is 2. The van der Waals surface area contributed by atoms with Gasteiger partial charge in [0.15, 0.2) is 5.69 Å². The van der Waals surface area contributed by atoms with Gasteiger partial charge in [-0.1, -0.05) is 15.9 Å². The van der Waals surface area contributed by atoms with E-state index in [4.69, 9.17) is 5.73 Å². The third-order valence-electron chi connectivity index (χ3n) is 2.52. The number of hydrogen-bond acceptors (Lipinski definition) is 3. The van der Waals surface area contributed by atoms with Crippen LogP contribution in [0.15, 0.2) is 28.9 Å². The second kappa shape index (κ2) is 5.40. The summed E-state index contributed by atoms with van der Waals surface area (Å²) >= 11 is 3.25. The number of halogens is 2. The molecule has 0 aliphatic carbocycles. The van der Waals surface area contributed by atoms with Crippen LogP contribution < -0.4 is 11.1 Å². The minimum atomic E-state index is -0.433. The summed E-state index contributed by atoms with van der Waals surface area (Å²) in [6, 6.07) is 4.54. The molecule has 1 amide bonds. The third kappa shape index (κ3) is 3.11. The molecule has 0 unspecified atom stereocenters. The Kier molecular flexibility index (Phi) is 3.84. The van der Waals surface area contributed by atoms with Crippen LogP contribution in [0.4, 0.5) is 10.1 Å². The van der Waals surface area contributed by atoms with Crippen LogP contribution in [-0.2, 0) is 13.6 Å². The number of hydrogen-bond donors (Lipinski definition) is 2. The molecule has 1 aromatic heterocycles. The summed E-state index contributed by atoms with van der Waals surface area (Å²) in [5.74, 6) is -0.810. The maximum atomic E-state index is 13.5. The van der Waals surface area contributed by atoms with Crippen LogP contribution in [-0.4, -0.2) is 15.7 Å². The Morgan fingerprint density at radius 2 is 2.32 bits per heavy atom. The van der Waals surface area contributed by atoms with Crippen molar-refractivity contribution in [2.75, 3.05) is 5.73 Å². The van der Waals surface area contributed by atoms with Gasteiger partial charge in [-0.2, -0.15) is 5.10 Å². The van der Waals surface area contributed by atoms with E-state index in [-0.39, 0.29) is 23.7 Å². The van der Waals surface area contributed by atoms with Crippen LogP contribution in [0, 0.1) is 5.82 Å². The summed E-state index contributed by atoms with van der Waals surface area (Å²) in [5.41, 5.74) is 6.45. The highest BCUT2D eigenvalue weighted by Crippen LogP contribution is 2.15. The molecule has 100 valence electrons. The average Bonchev–Trinajstić information content (AvgIpc) is 2.69. The van der Waals surface area contributed by atoms with Crippen LogP contribution in [0.5, 0.6) is 0 Å². The summed E-state index contributed by atoms with van der Waals surface area (Å²) in [5, 5.41) is 6.52. The van der Waals surface area contributed by atoms with E-state index in [1.807, 2.05) is 0 Å². The molecular weight excluding hydrogens is 315 g/mol. The molecule has 2 rings (SSSR count). The highest BCUT2D eigenvalue weighted by molar-refractivity contribution is 9.10. The summed E-state index contributed by atoms with van der Waals surface area (Å²) in [6.07, 6.45) is 1.54. The van der Waals surface area contributed by atoms with Crippen LogP contribution in [0.1, 0.15) is 16.1 Å². The number of nitrogens with zero attached hydrogens (tertiary/aromatic N) is 2. The third-order valence-corrected chi connectivity index (χ3v) is 3.01. The number of nitrogens with one attached hydrogen (secondary N) is 1. The quantitative estimate of drug-likeness (QED) is 0.903. The SMILES string of the molecule is Cn1cc(N)c(C(=O)NCc2cc(Br)ccc2F)n1. The number of aryl methyl sites for hydroxylation is 1. The standard InChI is InChI=1S/C12H12BrFN4O/c1-18-6-10(15)11(17-18)12(19)16-5-7-4-8(13)2-3-9(7)14/h2-4,6H,5,15H2,1H3,(H,16,19). The molecule has 19 heavy (non-hydrogen) atoms. The van der Waals surface area contributed by atoms with Crippen molar-refractivity contribution in [2.24, 2.45) is 7.05 Å². The van der Waals surface area contributed by atoms with E-state index >= 15 is 0 Å². The molecule has 0 aliphatic rings. The Labute approximate surface area is 117 Å². The van der Waals surface area contributed by atoms with E-state index in [1.165, 1.54) is 16.9 Å². The summed E-state index contributed by atoms with van der Waals surface area (Å²) in [7, 11) is 1.67. The number of benzene rings is 1. The van der Waals surface area contributed by atoms with E-state index in [0.717, 1.165) is 4.47 Å². The first-order valence-corrected chi connectivity index (χ1v) is 6.28. The molecule has 5 nitrogen and oxygen atoms in total. The topological polar surface area (TPSA) is 72.9 Å². The van der Waals surface area contributed by atoms with Crippen molar-refractivity contribution in [1.82, 2.24) is 15.1 Å². The van der Waals surface area contributed by atoms with Crippen molar-refractivity contribution in [2.45, 2.75) is 6.54 Å². The van der Waals surface area contributed by atoms with Crippen molar-refractivity contribution < 1.29 is 9.18 Å². The Bertz CT molecular complexity index is 626. The number of anilines is 1. The average molecular weight is 327 g/mol. The highest BCUT2D eigenvalue weighted by atomic mass is 79.9. The number of nitrogens with two attached hydrogens (primary N) is 1. The molecule has 0 bridgehead atoms. The number of amides is 1. The van der Waals surface area contributed by atoms with E-state index < -0.39 is 5.91 Å². The van der Waals surface area contributed by atoms with Crippen LogP contribution in [0.2, 0.25) is 0 Å². The Hall–Kier alpha value is -1.89. The molecule has 0 saturated heterocycles. The Morgan fingerprint density at radius 3 is 2.95 bits per heavy atom. The van der Waals surface area contributed by atoms with Gasteiger partial charge in [0.05, 0.1) is 5.69 Å². The first kappa shape index (κ1) is 13.5. The van der Waals surface area contributed by atoms with E-state index in [1.54, 1.807) is 19.2 Å². The predicted octanol–water partition coefficient (Wildman–Crippen LogP) is 1.83. The molecule has 0 radical (unpaired) electrons. The zero-order chi connectivity index (χ0) is 14.0. The highest BCUT2D eigenvalue weighted by Gasteiger charge is 2.14. The molecule has 0 spiro atoms. The smallest absolute Gasteiger partial charge is 0.274 e. The van der Waals surface area contributed by atoms with Crippen molar-refractivity contribution in [3.8, 4) is 0 Å². The lowest BCUT2D eigenvalue weighted by Crippen LogP contribution is -2.24. The number of carbonyl (C=O) groups excluding carboxylic acids is 1. The fraction of sp³-hybridized carbons (Fsp3) is 0.167. The molecule has 2 aromatic rings. The van der Waals surface area contributed by atoms with Crippen LogP contribution >= 0.6 is 15.9 Å². The molecule has 7 heteroatoms. The predicted molar refractivity (Wildman–Crippen MR) is 72.9 cm³/mol. The largest absolute Gasteiger partial charge is 0.396 e. The minimum absolute atomic E-state index is 0.0696. The maximum Gasteiger partial charge on any atom is 0.274 e. The van der Waals surface area contributed by atoms with Crippen molar-refractivity contribution in [3.63, 3.8) is 0 Å². The van der Waals surface area contributed by atoms with Gasteiger partial charge in [0.1, 0.15) is 5.82 Å². The Morgan fingerprint density at radius 1 is 1.58 bits per heavy atom. The minimum Gasteiger partial charge on any atom is -0.396 e. The summed E-state index contributed by atoms with van der Waals surface area (Å²) in [6.45, 7) is 0.0696. The molecule has 0 fully saturated rings. The molecule has 0 aliphatic heterocycles. The van der Waals surface area contributed by atoms with Gasteiger partial charge in [0, 0.05) is 29.8 Å². The first-order valence-electron chi connectivity index (χ1n) is 5.48. The molecule has 0 atom stereocenters. The fourth-order valence-corrected chi connectivity index (χ4v) is 2.03. The summed E-state index contributed by atoms with van der Waals surface area (Å²) < 4.78 is 15.7. The second-order valence-corrected chi connectivity index (χ2v) is 4.94. The first-order chi connectivity index (χ1) is 8.97. The van der Waals surface area contributed by atoms with E-state index in [9.17, 15) is 9.18 Å². The zero-order valence-electron chi connectivity index (χ0n) is 10.2. The monoisotopic (exact) mass is 326 g/mol. The fourth-order valence-electron chi connectivity index (χ4n) is 1.62. The van der Waals surface area contributed by atoms with Crippen molar-refractivity contribution in [1.29, 1.82) is 0 Å². The van der Waals surface area contributed by atoms with E-state index in [2.05, 4.69) is 26.3 Å². The van der Waals surface area contributed by atoms with Gasteiger partial charge in [0.2, 0.25) is 0 Å². The number of rotatable bonds is 3. The normalized spacial score (nSPS) is 10.5. The molecular formula is C12H12BrFN4O. The lowest BCUT2D eigenvalue weighted by molar-refractivity contribution is 0.0945. The molecule has 1 aromatic carbocycles. The number of carbonyl (C=O) groups is 1. The van der Waals surface area contributed by atoms with Gasteiger partial charge in [0.25, 0.3) is 5.91 Å².